The van der Waals surface area contributed by atoms with E-state index < -0.39 is 15.1 Å². The molecule has 1 aromatic rings. The Labute approximate surface area is 132 Å². The molecule has 0 aliphatic heterocycles. The van der Waals surface area contributed by atoms with Gasteiger partial charge >= 0.3 is 0 Å². The second-order valence-electron chi connectivity index (χ2n) is 6.50. The van der Waals surface area contributed by atoms with Crippen LogP contribution >= 0.6 is 0 Å². The molecule has 1 aliphatic carbocycles. The monoisotopic (exact) mass is 327 g/mol. The fraction of sp³-hybridized carbons (Fsp3) is 0.688. The Morgan fingerprint density at radius 1 is 1.32 bits per heavy atom. The number of amides is 1. The molecule has 0 radical (unpaired) electrons. The van der Waals surface area contributed by atoms with Crippen LogP contribution in [0, 0.1) is 0 Å². The van der Waals surface area contributed by atoms with Crippen LogP contribution in [-0.2, 0) is 9.84 Å². The number of sulfone groups is 1. The van der Waals surface area contributed by atoms with Gasteiger partial charge in [-0.25, -0.2) is 8.42 Å². The van der Waals surface area contributed by atoms with Crippen molar-refractivity contribution in [2.45, 2.75) is 56.7 Å². The quantitative estimate of drug-likeness (QED) is 0.853. The summed E-state index contributed by atoms with van der Waals surface area (Å²) >= 11 is 0. The van der Waals surface area contributed by atoms with Gasteiger partial charge in [-0.3, -0.25) is 4.79 Å². The SMILES string of the molecule is CC(C)c1ccoc1C(=O)N(C)C1CCCCC1S(C)(=O)=O. The lowest BCUT2D eigenvalue weighted by atomic mass is 9.93. The average molecular weight is 327 g/mol. The van der Waals surface area contributed by atoms with Gasteiger partial charge in [-0.2, -0.15) is 0 Å². The van der Waals surface area contributed by atoms with Crippen LogP contribution in [-0.4, -0.2) is 43.8 Å². The highest BCUT2D eigenvalue weighted by Crippen LogP contribution is 2.29. The summed E-state index contributed by atoms with van der Waals surface area (Å²) in [6.07, 6.45) is 5.97. The molecule has 0 spiro atoms. The lowest BCUT2D eigenvalue weighted by Crippen LogP contribution is -2.49. The Bertz CT molecular complexity index is 632. The highest BCUT2D eigenvalue weighted by Gasteiger charge is 2.38. The summed E-state index contributed by atoms with van der Waals surface area (Å²) in [4.78, 5) is 14.3. The first-order valence-electron chi connectivity index (χ1n) is 7.77. The topological polar surface area (TPSA) is 67.6 Å². The molecule has 1 aliphatic rings. The van der Waals surface area contributed by atoms with Crippen molar-refractivity contribution in [2.75, 3.05) is 13.3 Å². The van der Waals surface area contributed by atoms with Crippen LogP contribution < -0.4 is 0 Å². The molecule has 0 saturated heterocycles. The number of hydrogen-bond acceptors (Lipinski definition) is 4. The minimum absolute atomic E-state index is 0.183. The molecule has 1 fully saturated rings. The molecule has 2 unspecified atom stereocenters. The Morgan fingerprint density at radius 2 is 1.95 bits per heavy atom. The smallest absolute Gasteiger partial charge is 0.289 e. The zero-order valence-electron chi connectivity index (χ0n) is 13.7. The van der Waals surface area contributed by atoms with E-state index in [-0.39, 0.29) is 17.9 Å². The molecular weight excluding hydrogens is 302 g/mol. The van der Waals surface area contributed by atoms with Gasteiger partial charge in [0, 0.05) is 24.9 Å². The summed E-state index contributed by atoms with van der Waals surface area (Å²) < 4.78 is 29.4. The van der Waals surface area contributed by atoms with Gasteiger partial charge in [0.25, 0.3) is 5.91 Å². The Hall–Kier alpha value is -1.30. The van der Waals surface area contributed by atoms with E-state index >= 15 is 0 Å². The Morgan fingerprint density at radius 3 is 2.55 bits per heavy atom. The first-order chi connectivity index (χ1) is 10.2. The first kappa shape index (κ1) is 17.1. The highest BCUT2D eigenvalue weighted by atomic mass is 32.2. The van der Waals surface area contributed by atoms with Crippen molar-refractivity contribution in [3.8, 4) is 0 Å². The molecule has 1 amide bonds. The number of carbonyl (C=O) groups excluding carboxylic acids is 1. The summed E-state index contributed by atoms with van der Waals surface area (Å²) in [6, 6.07) is 1.53. The minimum atomic E-state index is -3.17. The number of hydrogen-bond donors (Lipinski definition) is 0. The molecule has 6 heteroatoms. The Kier molecular flexibility index (Phi) is 5.00. The summed E-state index contributed by atoms with van der Waals surface area (Å²) in [6.45, 7) is 4.00. The molecule has 1 aromatic heterocycles. The van der Waals surface area contributed by atoms with E-state index in [9.17, 15) is 13.2 Å². The number of carbonyl (C=O) groups is 1. The molecule has 124 valence electrons. The minimum Gasteiger partial charge on any atom is -0.459 e. The summed E-state index contributed by atoms with van der Waals surface area (Å²) in [5.41, 5.74) is 0.864. The summed E-state index contributed by atoms with van der Waals surface area (Å²) in [5.74, 6) is 0.285. The maximum Gasteiger partial charge on any atom is 0.289 e. The molecule has 0 bridgehead atoms. The second-order valence-corrected chi connectivity index (χ2v) is 8.76. The van der Waals surface area contributed by atoms with Crippen molar-refractivity contribution in [3.05, 3.63) is 23.7 Å². The van der Waals surface area contributed by atoms with Gasteiger partial charge in [0.1, 0.15) is 0 Å². The van der Waals surface area contributed by atoms with E-state index in [0.717, 1.165) is 24.8 Å². The van der Waals surface area contributed by atoms with Gasteiger partial charge in [-0.05, 0) is 24.8 Å². The maximum absolute atomic E-state index is 12.7. The lowest BCUT2D eigenvalue weighted by Gasteiger charge is -2.36. The van der Waals surface area contributed by atoms with Gasteiger partial charge in [0.2, 0.25) is 0 Å². The van der Waals surface area contributed by atoms with E-state index in [0.29, 0.717) is 12.2 Å². The van der Waals surface area contributed by atoms with Gasteiger partial charge < -0.3 is 9.32 Å². The second kappa shape index (κ2) is 6.44. The van der Waals surface area contributed by atoms with Crippen LogP contribution in [0.25, 0.3) is 0 Å². The normalized spacial score (nSPS) is 22.8. The molecular formula is C16H25NO4S. The van der Waals surface area contributed by atoms with Gasteiger partial charge in [-0.1, -0.05) is 26.7 Å². The molecule has 0 aromatic carbocycles. The van der Waals surface area contributed by atoms with Crippen molar-refractivity contribution >= 4 is 15.7 Å². The zero-order chi connectivity index (χ0) is 16.5. The lowest BCUT2D eigenvalue weighted by molar-refractivity contribution is 0.0666. The summed E-state index contributed by atoms with van der Waals surface area (Å²) in [5, 5.41) is -0.479. The van der Waals surface area contributed by atoms with E-state index in [2.05, 4.69) is 0 Å². The molecule has 0 N–H and O–H groups in total. The van der Waals surface area contributed by atoms with Crippen LogP contribution in [0.3, 0.4) is 0 Å². The van der Waals surface area contributed by atoms with E-state index in [1.165, 1.54) is 12.5 Å². The van der Waals surface area contributed by atoms with Gasteiger partial charge in [0.15, 0.2) is 15.6 Å². The molecule has 1 heterocycles. The van der Waals surface area contributed by atoms with Crippen LogP contribution in [0.5, 0.6) is 0 Å². The maximum atomic E-state index is 12.7. The van der Waals surface area contributed by atoms with E-state index in [1.807, 2.05) is 13.8 Å². The summed E-state index contributed by atoms with van der Waals surface area (Å²) in [7, 11) is -1.49. The van der Waals surface area contributed by atoms with Crippen molar-refractivity contribution in [1.82, 2.24) is 4.90 Å². The van der Waals surface area contributed by atoms with Crippen molar-refractivity contribution in [3.63, 3.8) is 0 Å². The largest absolute Gasteiger partial charge is 0.459 e. The molecule has 5 nitrogen and oxygen atoms in total. The number of nitrogens with zero attached hydrogens (tertiary/aromatic N) is 1. The average Bonchev–Trinajstić information content (AvgIpc) is 2.94. The first-order valence-corrected chi connectivity index (χ1v) is 9.72. The molecule has 2 rings (SSSR count). The molecule has 22 heavy (non-hydrogen) atoms. The standard InChI is InChI=1S/C16H25NO4S/c1-11(2)12-9-10-21-15(12)16(18)17(3)13-7-5-6-8-14(13)22(4,19)20/h9-11,13-14H,5-8H2,1-4H3. The molecule has 2 atom stereocenters. The fourth-order valence-electron chi connectivity index (χ4n) is 3.28. The predicted octanol–water partition coefficient (Wildman–Crippen LogP) is 2.83. The van der Waals surface area contributed by atoms with Crippen molar-refractivity contribution in [1.29, 1.82) is 0 Å². The fourth-order valence-corrected chi connectivity index (χ4v) is 4.76. The zero-order valence-corrected chi connectivity index (χ0v) is 14.5. The number of rotatable bonds is 4. The number of furan rings is 1. The van der Waals surface area contributed by atoms with Crippen LogP contribution in [0.15, 0.2) is 16.7 Å². The predicted molar refractivity (Wildman–Crippen MR) is 85.8 cm³/mol. The Balaban J connectivity index is 2.27. The van der Waals surface area contributed by atoms with Crippen LogP contribution in [0.4, 0.5) is 0 Å². The van der Waals surface area contributed by atoms with Crippen LogP contribution in [0.1, 0.15) is 61.6 Å². The van der Waals surface area contributed by atoms with E-state index in [1.54, 1.807) is 18.0 Å². The highest BCUT2D eigenvalue weighted by molar-refractivity contribution is 7.91. The molecule has 1 saturated carbocycles. The van der Waals surface area contributed by atoms with Gasteiger partial charge in [0.05, 0.1) is 11.5 Å². The third kappa shape index (κ3) is 3.37. The van der Waals surface area contributed by atoms with Gasteiger partial charge in [-0.15, -0.1) is 0 Å². The van der Waals surface area contributed by atoms with Crippen LogP contribution in [0.2, 0.25) is 0 Å². The van der Waals surface area contributed by atoms with E-state index in [4.69, 9.17) is 4.42 Å². The van der Waals surface area contributed by atoms with Crippen molar-refractivity contribution in [2.24, 2.45) is 0 Å². The van der Waals surface area contributed by atoms with Crippen molar-refractivity contribution < 1.29 is 17.6 Å². The third-order valence-corrected chi connectivity index (χ3v) is 6.20. The third-order valence-electron chi connectivity index (χ3n) is 4.55.